The second-order valence-corrected chi connectivity index (χ2v) is 2.66. The summed E-state index contributed by atoms with van der Waals surface area (Å²) in [7, 11) is 0. The van der Waals surface area contributed by atoms with E-state index in [1.165, 1.54) is 0 Å². The van der Waals surface area contributed by atoms with E-state index < -0.39 is 12.0 Å². The van der Waals surface area contributed by atoms with Gasteiger partial charge in [-0.1, -0.05) is 6.42 Å². The fourth-order valence-electron chi connectivity index (χ4n) is 0.787. The van der Waals surface area contributed by atoms with Gasteiger partial charge in [-0.25, -0.2) is 0 Å². The van der Waals surface area contributed by atoms with Gasteiger partial charge in [0.05, 0.1) is 0 Å². The molecule has 0 aromatic carbocycles. The van der Waals surface area contributed by atoms with Crippen LogP contribution in [0.15, 0.2) is 0 Å². The van der Waals surface area contributed by atoms with E-state index in [2.05, 4.69) is 0 Å². The SMILES string of the molecule is NC(=O)CCCC[C@H](N)C(=O)O. The summed E-state index contributed by atoms with van der Waals surface area (Å²) in [6, 6.07) is -0.821. The summed E-state index contributed by atoms with van der Waals surface area (Å²) in [5, 5.41) is 8.37. The molecule has 0 saturated heterocycles. The third kappa shape index (κ3) is 5.67. The van der Waals surface area contributed by atoms with Crippen LogP contribution < -0.4 is 11.5 Å². The molecule has 0 heterocycles. The summed E-state index contributed by atoms with van der Waals surface area (Å²) >= 11 is 0. The summed E-state index contributed by atoms with van der Waals surface area (Å²) in [5.41, 5.74) is 10.1. The molecule has 0 bridgehead atoms. The molecule has 12 heavy (non-hydrogen) atoms. The fourth-order valence-corrected chi connectivity index (χ4v) is 0.787. The zero-order valence-corrected chi connectivity index (χ0v) is 6.82. The first-order valence-corrected chi connectivity index (χ1v) is 3.80. The molecule has 0 aliphatic carbocycles. The van der Waals surface area contributed by atoms with Crippen LogP contribution in [0, 0.1) is 0 Å². The topological polar surface area (TPSA) is 106 Å². The number of hydrogen-bond donors (Lipinski definition) is 3. The van der Waals surface area contributed by atoms with Crippen molar-refractivity contribution in [3.63, 3.8) is 0 Å². The van der Waals surface area contributed by atoms with E-state index in [1.807, 2.05) is 0 Å². The molecule has 0 saturated carbocycles. The van der Waals surface area contributed by atoms with E-state index >= 15 is 0 Å². The maximum absolute atomic E-state index is 10.3. The zero-order valence-electron chi connectivity index (χ0n) is 6.82. The lowest BCUT2D eigenvalue weighted by molar-refractivity contribution is -0.138. The number of aliphatic carboxylic acids is 1. The predicted molar refractivity (Wildman–Crippen MR) is 43.3 cm³/mol. The molecular weight excluding hydrogens is 160 g/mol. The van der Waals surface area contributed by atoms with Gasteiger partial charge in [-0.05, 0) is 12.8 Å². The number of carbonyl (C=O) groups excluding carboxylic acids is 1. The van der Waals surface area contributed by atoms with Gasteiger partial charge in [0.1, 0.15) is 6.04 Å². The zero-order chi connectivity index (χ0) is 9.56. The molecule has 5 heteroatoms. The smallest absolute Gasteiger partial charge is 0.320 e. The van der Waals surface area contributed by atoms with Gasteiger partial charge in [0.15, 0.2) is 0 Å². The van der Waals surface area contributed by atoms with E-state index in [9.17, 15) is 9.59 Å². The van der Waals surface area contributed by atoms with Crippen LogP contribution in [-0.2, 0) is 9.59 Å². The number of unbranched alkanes of at least 4 members (excludes halogenated alkanes) is 1. The first-order chi connectivity index (χ1) is 5.54. The Balaban J connectivity index is 3.31. The van der Waals surface area contributed by atoms with Crippen molar-refractivity contribution in [3.05, 3.63) is 0 Å². The normalized spacial score (nSPS) is 12.4. The molecule has 0 unspecified atom stereocenters. The van der Waals surface area contributed by atoms with Crippen molar-refractivity contribution in [1.82, 2.24) is 0 Å². The van der Waals surface area contributed by atoms with Gasteiger partial charge in [0.25, 0.3) is 0 Å². The highest BCUT2D eigenvalue weighted by Crippen LogP contribution is 2.01. The lowest BCUT2D eigenvalue weighted by Crippen LogP contribution is -2.29. The van der Waals surface area contributed by atoms with Crippen LogP contribution in [0.3, 0.4) is 0 Å². The maximum Gasteiger partial charge on any atom is 0.320 e. The average Bonchev–Trinajstić information content (AvgIpc) is 1.97. The molecule has 0 radical (unpaired) electrons. The molecule has 5 N–H and O–H groups in total. The highest BCUT2D eigenvalue weighted by molar-refractivity contribution is 5.74. The van der Waals surface area contributed by atoms with Crippen molar-refractivity contribution in [2.75, 3.05) is 0 Å². The highest BCUT2D eigenvalue weighted by Gasteiger charge is 2.09. The number of nitrogens with two attached hydrogens (primary N) is 2. The third-order valence-electron chi connectivity index (χ3n) is 1.51. The van der Waals surface area contributed by atoms with Gasteiger partial charge < -0.3 is 16.6 Å². The number of hydrogen-bond acceptors (Lipinski definition) is 3. The van der Waals surface area contributed by atoms with E-state index in [0.29, 0.717) is 25.7 Å². The summed E-state index contributed by atoms with van der Waals surface area (Å²) in [4.78, 5) is 20.5. The summed E-state index contributed by atoms with van der Waals surface area (Å²) in [6.45, 7) is 0. The Morgan fingerprint density at radius 2 is 1.92 bits per heavy atom. The minimum absolute atomic E-state index is 0.298. The Bertz CT molecular complexity index is 170. The van der Waals surface area contributed by atoms with Gasteiger partial charge in [-0.15, -0.1) is 0 Å². The van der Waals surface area contributed by atoms with Gasteiger partial charge in [0, 0.05) is 6.42 Å². The highest BCUT2D eigenvalue weighted by atomic mass is 16.4. The average molecular weight is 174 g/mol. The Morgan fingerprint density at radius 3 is 2.33 bits per heavy atom. The lowest BCUT2D eigenvalue weighted by atomic mass is 10.1. The van der Waals surface area contributed by atoms with Crippen molar-refractivity contribution in [1.29, 1.82) is 0 Å². The largest absolute Gasteiger partial charge is 0.480 e. The first-order valence-electron chi connectivity index (χ1n) is 3.80. The Labute approximate surface area is 70.7 Å². The molecule has 0 aliphatic rings. The molecule has 1 atom stereocenters. The number of primary amides is 1. The molecule has 0 spiro atoms. The predicted octanol–water partition coefficient (Wildman–Crippen LogP) is -0.556. The van der Waals surface area contributed by atoms with Gasteiger partial charge in [-0.3, -0.25) is 9.59 Å². The number of carbonyl (C=O) groups is 2. The number of carboxylic acid groups (broad SMARTS) is 1. The van der Waals surface area contributed by atoms with Crippen molar-refractivity contribution in [2.24, 2.45) is 11.5 Å². The quantitative estimate of drug-likeness (QED) is 0.469. The van der Waals surface area contributed by atoms with Gasteiger partial charge in [0.2, 0.25) is 5.91 Å². The Hall–Kier alpha value is -1.10. The van der Waals surface area contributed by atoms with Crippen molar-refractivity contribution < 1.29 is 14.7 Å². The van der Waals surface area contributed by atoms with Crippen LogP contribution in [0.1, 0.15) is 25.7 Å². The van der Waals surface area contributed by atoms with Crippen LogP contribution in [0.25, 0.3) is 0 Å². The van der Waals surface area contributed by atoms with Gasteiger partial charge in [-0.2, -0.15) is 0 Å². The number of rotatable bonds is 6. The number of carboxylic acids is 1. The molecule has 5 nitrogen and oxygen atoms in total. The Morgan fingerprint density at radius 1 is 1.33 bits per heavy atom. The van der Waals surface area contributed by atoms with Crippen LogP contribution in [0.5, 0.6) is 0 Å². The standard InChI is InChI=1S/C7H14N2O3/c8-5(7(11)12)3-1-2-4-6(9)10/h5H,1-4,8H2,(H2,9,10)(H,11,12)/t5-/m0/s1. The van der Waals surface area contributed by atoms with Crippen molar-refractivity contribution in [3.8, 4) is 0 Å². The molecule has 0 aromatic rings. The van der Waals surface area contributed by atoms with E-state index in [1.54, 1.807) is 0 Å². The maximum atomic E-state index is 10.3. The molecule has 1 amide bonds. The molecule has 0 rings (SSSR count). The monoisotopic (exact) mass is 174 g/mol. The minimum Gasteiger partial charge on any atom is -0.480 e. The lowest BCUT2D eigenvalue weighted by Gasteiger charge is -2.04. The molecule has 0 fully saturated rings. The summed E-state index contributed by atoms with van der Waals surface area (Å²) in [6.07, 6.45) is 1.92. The summed E-state index contributed by atoms with van der Waals surface area (Å²) < 4.78 is 0. The van der Waals surface area contributed by atoms with Crippen molar-refractivity contribution in [2.45, 2.75) is 31.7 Å². The van der Waals surface area contributed by atoms with E-state index in [4.69, 9.17) is 16.6 Å². The Kier molecular flexibility index (Phi) is 5.03. The molecule has 70 valence electrons. The summed E-state index contributed by atoms with van der Waals surface area (Å²) in [5.74, 6) is -1.37. The van der Waals surface area contributed by atoms with E-state index in [0.717, 1.165) is 0 Å². The van der Waals surface area contributed by atoms with Crippen LogP contribution in [-0.4, -0.2) is 23.0 Å². The van der Waals surface area contributed by atoms with Crippen molar-refractivity contribution >= 4 is 11.9 Å². The first kappa shape index (κ1) is 10.9. The second-order valence-electron chi connectivity index (χ2n) is 2.66. The minimum atomic E-state index is -1.01. The van der Waals surface area contributed by atoms with Crippen LogP contribution >= 0.6 is 0 Å². The third-order valence-corrected chi connectivity index (χ3v) is 1.51. The van der Waals surface area contributed by atoms with Crippen LogP contribution in [0.2, 0.25) is 0 Å². The van der Waals surface area contributed by atoms with Gasteiger partial charge >= 0.3 is 5.97 Å². The number of amides is 1. The van der Waals surface area contributed by atoms with E-state index in [-0.39, 0.29) is 5.91 Å². The molecule has 0 aromatic heterocycles. The van der Waals surface area contributed by atoms with Crippen LogP contribution in [0.4, 0.5) is 0 Å². The molecule has 0 aliphatic heterocycles. The fraction of sp³-hybridized carbons (Fsp3) is 0.714. The molecular formula is C7H14N2O3. The second kappa shape index (κ2) is 5.54.